The van der Waals surface area contributed by atoms with E-state index in [0.717, 1.165) is 25.5 Å². The van der Waals surface area contributed by atoms with Crippen LogP contribution in [0, 0.1) is 66.7 Å². The monoisotopic (exact) mass is 861 g/mol. The Morgan fingerprint density at radius 1 is 1.13 bits per heavy atom. The van der Waals surface area contributed by atoms with Crippen LogP contribution in [0.3, 0.4) is 0 Å². The smallest absolute Gasteiger partial charge is 0.445 e. The van der Waals surface area contributed by atoms with E-state index in [9.17, 15) is 9.50 Å². The van der Waals surface area contributed by atoms with Crippen LogP contribution < -0.4 is 10.6 Å². The fraction of sp³-hybridized carbons (Fsp3) is 0.387. The zero-order chi connectivity index (χ0) is 31.2. The Hall–Kier alpha value is -3.30. The summed E-state index contributed by atoms with van der Waals surface area (Å²) in [4.78, 5) is 19.1. The molecule has 4 atom stereocenters. The van der Waals surface area contributed by atoms with E-state index < -0.39 is 64.1 Å². The van der Waals surface area contributed by atoms with Crippen molar-refractivity contribution in [3.05, 3.63) is 58.3 Å². The Bertz CT molecular complexity index is 1960. The number of benzene rings is 2. The second-order valence-corrected chi connectivity index (χ2v) is 11.9. The topological polar surface area (TPSA) is 105 Å². The summed E-state index contributed by atoms with van der Waals surface area (Å²) < 4.78 is 81.1. The van der Waals surface area contributed by atoms with E-state index in [4.69, 9.17) is 10.5 Å². The largest absolute Gasteiger partial charge is 0.479 e. The first-order valence-electron chi connectivity index (χ1n) is 14.7. The maximum Gasteiger partial charge on any atom is 0.445 e. The Labute approximate surface area is 283 Å². The first kappa shape index (κ1) is 31.3. The predicted molar refractivity (Wildman–Crippen MR) is 155 cm³/mol. The Morgan fingerprint density at radius 2 is 1.96 bits per heavy atom. The number of nitrogens with two attached hydrogens (primary N) is 1. The first-order valence-corrected chi connectivity index (χ1v) is 14.7. The Balaban J connectivity index is 0.000000291. The van der Waals surface area contributed by atoms with E-state index in [1.54, 1.807) is 0 Å². The van der Waals surface area contributed by atoms with Crippen molar-refractivity contribution in [1.29, 1.82) is 0 Å². The molecule has 2 aromatic carbocycles. The quantitative estimate of drug-likeness (QED) is 0.0829. The summed E-state index contributed by atoms with van der Waals surface area (Å²) in [6, 6.07) is 7.35. The molecule has 15 heteroatoms. The van der Waals surface area contributed by atoms with Gasteiger partial charge in [0.2, 0.25) is 5.95 Å². The number of pyridine rings is 1. The van der Waals surface area contributed by atoms with E-state index in [1.807, 2.05) is 0 Å². The molecule has 1 saturated carbocycles. The van der Waals surface area contributed by atoms with Gasteiger partial charge < -0.3 is 25.4 Å². The average molecular weight is 862 g/mol. The zero-order valence-electron chi connectivity index (χ0n) is 24.2. The summed E-state index contributed by atoms with van der Waals surface area (Å²) in [5.74, 6) is -6.40. The standard InChI is InChI=1S/C24H14F4N6O2.C7H11FN.U/c25-14-2-1-9-5-10(29)6-11-15(9)12(14)7-30-24(28)13-8-36-4-3-34(20(13)24)22-16-19(32-23(35)33-22)17(26)18(11)31-21(16)27;8-6-4-7-2-1-3-9(7)5-6;/h1-2,5-6,13,20H,3-4,8,29H2;6H,1-5H2;/q;-1;/p+1/t13-,20+,24-;6-;/m11./s1. The van der Waals surface area contributed by atoms with Gasteiger partial charge in [-0.2, -0.15) is 25.2 Å². The van der Waals surface area contributed by atoms with Crippen molar-refractivity contribution in [3.8, 4) is 23.3 Å². The van der Waals surface area contributed by atoms with E-state index in [1.165, 1.54) is 35.6 Å². The molecule has 5 aliphatic heterocycles. The molecule has 4 aromatic rings. The SMILES string of the molecule is F[C@@H]1C[C-]2CCCN2C1.Nc1cc2c3c(c(F)ccc3c1)C#[N+][C@]1(F)[C@@H]3COCCN(c4nc(O)nc5c(F)c-2nc(F)c45)[C@@H]31.[U]. The maximum absolute atomic E-state index is 16.2. The fourth-order valence-corrected chi connectivity index (χ4v) is 7.12. The minimum absolute atomic E-state index is 0. The number of rotatable bonds is 0. The third-order valence-electron chi connectivity index (χ3n) is 9.20. The van der Waals surface area contributed by atoms with Gasteiger partial charge in [-0.1, -0.05) is 12.5 Å². The molecule has 3 N–H and O–H groups in total. The molecule has 4 fully saturated rings. The van der Waals surface area contributed by atoms with Crippen molar-refractivity contribution >= 4 is 33.2 Å². The van der Waals surface area contributed by atoms with Gasteiger partial charge in [-0.3, -0.25) is 0 Å². The van der Waals surface area contributed by atoms with Crippen LogP contribution >= 0.6 is 0 Å². The van der Waals surface area contributed by atoms with Gasteiger partial charge in [0.15, 0.2) is 11.9 Å². The van der Waals surface area contributed by atoms with Crippen LogP contribution in [-0.4, -0.2) is 75.8 Å². The summed E-state index contributed by atoms with van der Waals surface area (Å²) in [7, 11) is 0. The molecule has 4 bridgehead atoms. The van der Waals surface area contributed by atoms with Crippen LogP contribution in [-0.2, 0) is 4.74 Å². The van der Waals surface area contributed by atoms with Crippen molar-refractivity contribution in [3.63, 3.8) is 0 Å². The number of hydrogen-bond donors (Lipinski definition) is 2. The second kappa shape index (κ2) is 11.4. The molecule has 1 aliphatic carbocycles. The molecule has 3 saturated heterocycles. The number of anilines is 2. The zero-order valence-corrected chi connectivity index (χ0v) is 28.4. The summed E-state index contributed by atoms with van der Waals surface area (Å²) >= 11 is 0. The van der Waals surface area contributed by atoms with E-state index in [2.05, 4.69) is 30.8 Å². The van der Waals surface area contributed by atoms with Gasteiger partial charge in [-0.05, 0) is 41.5 Å². The van der Waals surface area contributed by atoms with E-state index in [-0.39, 0.29) is 78.9 Å². The normalized spacial score (nSPS) is 26.1. The van der Waals surface area contributed by atoms with Crippen molar-refractivity contribution in [1.82, 2.24) is 19.9 Å². The number of fused-ring (bicyclic) bond motifs is 2. The summed E-state index contributed by atoms with van der Waals surface area (Å²) in [6.45, 7) is 1.94. The number of alkyl halides is 2. The minimum atomic E-state index is -2.29. The molecule has 0 amide bonds. The number of ether oxygens (including phenoxy) is 1. The minimum Gasteiger partial charge on any atom is -0.479 e. The Morgan fingerprint density at radius 3 is 2.76 bits per heavy atom. The van der Waals surface area contributed by atoms with Crippen LogP contribution in [0.1, 0.15) is 24.8 Å². The molecule has 6 aliphatic rings. The van der Waals surface area contributed by atoms with Crippen LogP contribution in [0.25, 0.3) is 37.8 Å². The van der Waals surface area contributed by atoms with Gasteiger partial charge in [-0.25, -0.2) is 24.2 Å². The number of nitrogen functional groups attached to an aromatic ring is 1. The van der Waals surface area contributed by atoms with Crippen LogP contribution in [0.2, 0.25) is 0 Å². The van der Waals surface area contributed by atoms with Gasteiger partial charge in [0.05, 0.1) is 19.4 Å². The van der Waals surface area contributed by atoms with Crippen LogP contribution in [0.5, 0.6) is 6.01 Å². The molecule has 0 unspecified atom stereocenters. The van der Waals surface area contributed by atoms with Crippen molar-refractivity contribution in [2.24, 2.45) is 5.92 Å². The van der Waals surface area contributed by atoms with Crippen molar-refractivity contribution in [2.75, 3.05) is 43.5 Å². The molecule has 0 spiro atoms. The number of aromatic hydroxyl groups is 1. The molecular weight excluding hydrogens is 835 g/mol. The molecule has 7 heterocycles. The average Bonchev–Trinajstić information content (AvgIpc) is 3.17. The van der Waals surface area contributed by atoms with Gasteiger partial charge in [0.1, 0.15) is 39.7 Å². The molecule has 0 radical (unpaired) electrons. The van der Waals surface area contributed by atoms with Gasteiger partial charge >= 0.3 is 17.9 Å². The summed E-state index contributed by atoms with van der Waals surface area (Å²) in [5, 5.41) is 10.2. The Kier molecular flexibility index (Phi) is 7.79. The third-order valence-corrected chi connectivity index (χ3v) is 9.20. The molecule has 236 valence electrons. The van der Waals surface area contributed by atoms with Crippen LogP contribution in [0.15, 0.2) is 24.3 Å². The number of aromatic nitrogens is 3. The van der Waals surface area contributed by atoms with E-state index in [0.29, 0.717) is 11.9 Å². The van der Waals surface area contributed by atoms with Gasteiger partial charge in [0, 0.05) is 54.3 Å². The van der Waals surface area contributed by atoms with Crippen molar-refractivity contribution < 1.29 is 62.9 Å². The second-order valence-electron chi connectivity index (χ2n) is 11.9. The summed E-state index contributed by atoms with van der Waals surface area (Å²) in [6.07, 6.45) is 2.57. The predicted octanol–water partition coefficient (Wildman–Crippen LogP) is 5.10. The van der Waals surface area contributed by atoms with Crippen LogP contribution in [0.4, 0.5) is 33.5 Å². The van der Waals surface area contributed by atoms with Crippen molar-refractivity contribution in [2.45, 2.75) is 37.3 Å². The molecule has 2 aromatic heterocycles. The first-order chi connectivity index (χ1) is 21.6. The molecular formula is C31H26F5N7O2U. The molecule has 46 heavy (non-hydrogen) atoms. The van der Waals surface area contributed by atoms with Gasteiger partial charge in [-0.15, -0.1) is 6.42 Å². The number of halogens is 5. The number of hydrogen-bond acceptors (Lipinski definition) is 8. The maximum atomic E-state index is 16.2. The van der Waals surface area contributed by atoms with Gasteiger partial charge in [0.25, 0.3) is 0 Å². The molecule has 9 nitrogen and oxygen atoms in total. The van der Waals surface area contributed by atoms with E-state index >= 15 is 17.6 Å². The number of nitrogens with zero attached hydrogens (tertiary/aromatic N) is 6. The third kappa shape index (κ3) is 4.88. The molecule has 10 rings (SSSR count). The summed E-state index contributed by atoms with van der Waals surface area (Å²) in [5.41, 5.74) is 4.77. The fourth-order valence-electron chi connectivity index (χ4n) is 7.12.